The van der Waals surface area contributed by atoms with Gasteiger partial charge in [-0.05, 0) is 62.8 Å². The largest absolute Gasteiger partial charge is 0.381 e. The molecule has 0 radical (unpaired) electrons. The number of nitrogens with two attached hydrogens (primary N) is 1. The van der Waals surface area contributed by atoms with Crippen LogP contribution < -0.4 is 11.1 Å². The summed E-state index contributed by atoms with van der Waals surface area (Å²) in [6.45, 7) is 5.88. The van der Waals surface area contributed by atoms with Gasteiger partial charge < -0.3 is 15.8 Å². The van der Waals surface area contributed by atoms with Crippen LogP contribution in [-0.2, 0) is 16.1 Å². The van der Waals surface area contributed by atoms with E-state index >= 15 is 0 Å². The van der Waals surface area contributed by atoms with Crippen molar-refractivity contribution >= 4 is 11.6 Å². The third-order valence-electron chi connectivity index (χ3n) is 5.62. The van der Waals surface area contributed by atoms with Gasteiger partial charge >= 0.3 is 0 Å². The normalized spacial score (nSPS) is 24.0. The van der Waals surface area contributed by atoms with Gasteiger partial charge in [0.25, 0.3) is 0 Å². The molecule has 0 aliphatic carbocycles. The van der Waals surface area contributed by atoms with Crippen molar-refractivity contribution in [3.63, 3.8) is 0 Å². The van der Waals surface area contributed by atoms with Gasteiger partial charge in [0.15, 0.2) is 0 Å². The molecule has 2 aliphatic rings. The van der Waals surface area contributed by atoms with Crippen molar-refractivity contribution in [2.45, 2.75) is 57.7 Å². The van der Waals surface area contributed by atoms with Crippen molar-refractivity contribution in [1.29, 1.82) is 0 Å². The third-order valence-corrected chi connectivity index (χ3v) is 5.62. The second-order valence-corrected chi connectivity index (χ2v) is 7.48. The highest BCUT2D eigenvalue weighted by atomic mass is 16.5. The number of likely N-dealkylation sites (tertiary alicyclic amines) is 1. The van der Waals surface area contributed by atoms with Crippen LogP contribution in [0.5, 0.6) is 0 Å². The minimum absolute atomic E-state index is 0.0932. The SMILES string of the molecule is CC1CCCCN1Cc1ccc(NC(=O)C(N)C2CCOCC2)cc1. The Hall–Kier alpha value is -1.43. The fourth-order valence-corrected chi connectivity index (χ4v) is 3.84. The van der Waals surface area contributed by atoms with Gasteiger partial charge in [-0.1, -0.05) is 18.6 Å². The zero-order valence-electron chi connectivity index (χ0n) is 15.2. The first-order valence-electron chi connectivity index (χ1n) is 9.60. The van der Waals surface area contributed by atoms with E-state index in [1.165, 1.54) is 31.4 Å². The summed E-state index contributed by atoms with van der Waals surface area (Å²) < 4.78 is 5.34. The van der Waals surface area contributed by atoms with E-state index < -0.39 is 6.04 Å². The summed E-state index contributed by atoms with van der Waals surface area (Å²) in [7, 11) is 0. The summed E-state index contributed by atoms with van der Waals surface area (Å²) >= 11 is 0. The van der Waals surface area contributed by atoms with E-state index in [2.05, 4.69) is 29.3 Å². The summed E-state index contributed by atoms with van der Waals surface area (Å²) in [6, 6.07) is 8.38. The topological polar surface area (TPSA) is 67.6 Å². The lowest BCUT2D eigenvalue weighted by molar-refractivity contribution is -0.119. The molecule has 0 saturated carbocycles. The molecule has 2 unspecified atom stereocenters. The number of ether oxygens (including phenoxy) is 1. The molecule has 1 aromatic rings. The minimum atomic E-state index is -0.460. The zero-order valence-corrected chi connectivity index (χ0v) is 15.2. The Balaban J connectivity index is 1.52. The highest BCUT2D eigenvalue weighted by Crippen LogP contribution is 2.21. The highest BCUT2D eigenvalue weighted by molar-refractivity contribution is 5.94. The van der Waals surface area contributed by atoms with Gasteiger partial charge in [0.1, 0.15) is 0 Å². The molecule has 2 heterocycles. The average Bonchev–Trinajstić information content (AvgIpc) is 2.65. The van der Waals surface area contributed by atoms with E-state index in [4.69, 9.17) is 10.5 Å². The van der Waals surface area contributed by atoms with E-state index in [1.54, 1.807) is 0 Å². The lowest BCUT2D eigenvalue weighted by Crippen LogP contribution is -2.44. The fourth-order valence-electron chi connectivity index (χ4n) is 3.84. The van der Waals surface area contributed by atoms with Crippen LogP contribution >= 0.6 is 0 Å². The summed E-state index contributed by atoms with van der Waals surface area (Å²) in [4.78, 5) is 14.9. The minimum Gasteiger partial charge on any atom is -0.381 e. The van der Waals surface area contributed by atoms with Crippen LogP contribution in [0.4, 0.5) is 5.69 Å². The fraction of sp³-hybridized carbons (Fsp3) is 0.650. The Morgan fingerprint density at radius 3 is 2.64 bits per heavy atom. The smallest absolute Gasteiger partial charge is 0.241 e. The second kappa shape index (κ2) is 8.79. The Kier molecular flexibility index (Phi) is 6.45. The number of nitrogens with zero attached hydrogens (tertiary/aromatic N) is 1. The lowest BCUT2D eigenvalue weighted by atomic mass is 9.92. The van der Waals surface area contributed by atoms with Crippen LogP contribution in [0.3, 0.4) is 0 Å². The summed E-state index contributed by atoms with van der Waals surface area (Å²) in [5.41, 5.74) is 8.25. The predicted molar refractivity (Wildman–Crippen MR) is 100 cm³/mol. The number of carbonyl (C=O) groups is 1. The quantitative estimate of drug-likeness (QED) is 0.861. The van der Waals surface area contributed by atoms with E-state index in [9.17, 15) is 4.79 Å². The molecule has 2 saturated heterocycles. The number of hydrogen-bond acceptors (Lipinski definition) is 4. The number of nitrogens with one attached hydrogen (secondary N) is 1. The summed E-state index contributed by atoms with van der Waals surface area (Å²) in [6.07, 6.45) is 5.65. The monoisotopic (exact) mass is 345 g/mol. The Morgan fingerprint density at radius 1 is 1.24 bits per heavy atom. The first kappa shape index (κ1) is 18.4. The Morgan fingerprint density at radius 2 is 1.96 bits per heavy atom. The predicted octanol–water partition coefficient (Wildman–Crippen LogP) is 2.75. The van der Waals surface area contributed by atoms with Crippen LogP contribution in [0.25, 0.3) is 0 Å². The maximum Gasteiger partial charge on any atom is 0.241 e. The van der Waals surface area contributed by atoms with Gasteiger partial charge in [0.05, 0.1) is 6.04 Å². The van der Waals surface area contributed by atoms with Crippen LogP contribution in [0.1, 0.15) is 44.6 Å². The van der Waals surface area contributed by atoms with Gasteiger partial charge in [0.2, 0.25) is 5.91 Å². The third kappa shape index (κ3) is 5.03. The maximum absolute atomic E-state index is 12.4. The van der Waals surface area contributed by atoms with Crippen molar-refractivity contribution in [2.75, 3.05) is 25.1 Å². The molecule has 1 amide bonds. The van der Waals surface area contributed by atoms with Crippen LogP contribution in [0.15, 0.2) is 24.3 Å². The van der Waals surface area contributed by atoms with E-state index in [1.807, 2.05) is 12.1 Å². The molecule has 2 fully saturated rings. The van der Waals surface area contributed by atoms with Gasteiger partial charge in [-0.25, -0.2) is 0 Å². The first-order valence-corrected chi connectivity index (χ1v) is 9.60. The molecule has 0 bridgehead atoms. The number of rotatable bonds is 5. The Labute approximate surface area is 150 Å². The number of anilines is 1. The highest BCUT2D eigenvalue weighted by Gasteiger charge is 2.26. The standard InChI is InChI=1S/C20H31N3O2/c1-15-4-2-3-11-23(15)14-16-5-7-18(8-6-16)22-20(24)19(21)17-9-12-25-13-10-17/h5-8,15,17,19H,2-4,9-14,21H2,1H3,(H,22,24). The lowest BCUT2D eigenvalue weighted by Gasteiger charge is -2.33. The van der Waals surface area contributed by atoms with E-state index in [0.29, 0.717) is 19.3 Å². The second-order valence-electron chi connectivity index (χ2n) is 7.48. The molecule has 2 atom stereocenters. The van der Waals surface area contributed by atoms with Crippen LogP contribution in [0.2, 0.25) is 0 Å². The molecule has 0 spiro atoms. The van der Waals surface area contributed by atoms with Crippen molar-refractivity contribution in [3.05, 3.63) is 29.8 Å². The molecule has 2 aliphatic heterocycles. The molecule has 1 aromatic carbocycles. The van der Waals surface area contributed by atoms with Crippen molar-refractivity contribution in [3.8, 4) is 0 Å². The molecule has 5 heteroatoms. The molecular weight excluding hydrogens is 314 g/mol. The molecule has 3 N–H and O–H groups in total. The Bertz CT molecular complexity index is 555. The summed E-state index contributed by atoms with van der Waals surface area (Å²) in [5, 5.41) is 2.96. The van der Waals surface area contributed by atoms with E-state index in [0.717, 1.165) is 25.1 Å². The van der Waals surface area contributed by atoms with Crippen molar-refractivity contribution in [1.82, 2.24) is 4.90 Å². The average molecular weight is 345 g/mol. The molecule has 5 nitrogen and oxygen atoms in total. The van der Waals surface area contributed by atoms with E-state index in [-0.39, 0.29) is 11.8 Å². The summed E-state index contributed by atoms with van der Waals surface area (Å²) in [5.74, 6) is 0.123. The van der Waals surface area contributed by atoms with Crippen LogP contribution in [0, 0.1) is 5.92 Å². The number of piperidine rings is 1. The maximum atomic E-state index is 12.4. The van der Waals surface area contributed by atoms with Gasteiger partial charge in [-0.15, -0.1) is 0 Å². The zero-order chi connectivity index (χ0) is 17.6. The number of carbonyl (C=O) groups excluding carboxylic acids is 1. The molecule has 0 aromatic heterocycles. The van der Waals surface area contributed by atoms with Crippen molar-refractivity contribution < 1.29 is 9.53 Å². The molecule has 25 heavy (non-hydrogen) atoms. The van der Waals surface area contributed by atoms with Crippen LogP contribution in [-0.4, -0.2) is 42.6 Å². The molecular formula is C20H31N3O2. The molecule has 138 valence electrons. The van der Waals surface area contributed by atoms with Gasteiger partial charge in [-0.2, -0.15) is 0 Å². The number of hydrogen-bond donors (Lipinski definition) is 2. The number of amides is 1. The molecule has 3 rings (SSSR count). The first-order chi connectivity index (χ1) is 12.1. The van der Waals surface area contributed by atoms with Gasteiger partial charge in [0, 0.05) is 31.5 Å². The number of benzene rings is 1. The van der Waals surface area contributed by atoms with Crippen molar-refractivity contribution in [2.24, 2.45) is 11.7 Å². The van der Waals surface area contributed by atoms with Gasteiger partial charge in [-0.3, -0.25) is 9.69 Å².